The number of rotatable bonds is 5. The lowest BCUT2D eigenvalue weighted by Gasteiger charge is -2.34. The number of hydrogen-bond acceptors (Lipinski definition) is 3. The summed E-state index contributed by atoms with van der Waals surface area (Å²) in [6.07, 6.45) is 1.66. The molecule has 0 radical (unpaired) electrons. The Labute approximate surface area is 127 Å². The van der Waals surface area contributed by atoms with Crippen LogP contribution < -0.4 is 0 Å². The molecule has 1 heterocycles. The van der Waals surface area contributed by atoms with Gasteiger partial charge in [-0.1, -0.05) is 39.0 Å². The highest BCUT2D eigenvalue weighted by molar-refractivity contribution is 5.81. The molecule has 0 aliphatic heterocycles. The summed E-state index contributed by atoms with van der Waals surface area (Å²) >= 11 is 0. The molecule has 0 fully saturated rings. The average Bonchev–Trinajstić information content (AvgIpc) is 2.44. The molecule has 0 amide bonds. The van der Waals surface area contributed by atoms with Crippen molar-refractivity contribution in [3.05, 3.63) is 42.1 Å². The summed E-state index contributed by atoms with van der Waals surface area (Å²) in [5.74, 6) is 0. The zero-order valence-electron chi connectivity index (χ0n) is 13.3. The summed E-state index contributed by atoms with van der Waals surface area (Å²) in [5, 5.41) is 11.7. The number of ether oxygens (including phenoxy) is 1. The molecule has 2 atom stereocenters. The number of pyridine rings is 1. The van der Waals surface area contributed by atoms with E-state index in [1.807, 2.05) is 31.2 Å². The molecular weight excluding hydrogens is 262 g/mol. The highest BCUT2D eigenvalue weighted by Gasteiger charge is 2.32. The maximum Gasteiger partial charge on any atom is 0.0885 e. The summed E-state index contributed by atoms with van der Waals surface area (Å²) in [7, 11) is 0. The molecule has 21 heavy (non-hydrogen) atoms. The van der Waals surface area contributed by atoms with Gasteiger partial charge in [-0.3, -0.25) is 4.98 Å². The lowest BCUT2D eigenvalue weighted by Crippen LogP contribution is -2.41. The third-order valence-corrected chi connectivity index (χ3v) is 3.72. The number of nitrogens with zero attached hydrogens (tertiary/aromatic N) is 1. The van der Waals surface area contributed by atoms with Crippen molar-refractivity contribution in [2.45, 2.75) is 46.3 Å². The van der Waals surface area contributed by atoms with Crippen LogP contribution >= 0.6 is 0 Å². The zero-order valence-corrected chi connectivity index (χ0v) is 13.3. The van der Waals surface area contributed by atoms with E-state index in [-0.39, 0.29) is 11.5 Å². The second-order valence-electron chi connectivity index (χ2n) is 6.50. The standard InChI is InChI=1S/C18H25NO2/c1-5-21-17(18(2,3)4)16(20)12-13-10-11-19-15-9-7-6-8-14(13)15/h6-11,16-17,20H,5,12H2,1-4H3. The molecule has 3 nitrogen and oxygen atoms in total. The van der Waals surface area contributed by atoms with Crippen LogP contribution in [-0.2, 0) is 11.2 Å². The SMILES string of the molecule is CCOC(C(O)Cc1ccnc2ccccc12)C(C)(C)C. The second-order valence-corrected chi connectivity index (χ2v) is 6.50. The highest BCUT2D eigenvalue weighted by atomic mass is 16.5. The van der Waals surface area contributed by atoms with Crippen LogP contribution in [0.4, 0.5) is 0 Å². The monoisotopic (exact) mass is 287 g/mol. The Kier molecular flexibility index (Phi) is 4.96. The van der Waals surface area contributed by atoms with E-state index in [4.69, 9.17) is 4.74 Å². The van der Waals surface area contributed by atoms with Gasteiger partial charge in [0.1, 0.15) is 0 Å². The molecule has 1 aromatic heterocycles. The number of benzene rings is 1. The van der Waals surface area contributed by atoms with Gasteiger partial charge in [0.25, 0.3) is 0 Å². The number of aliphatic hydroxyl groups is 1. The second kappa shape index (κ2) is 6.54. The maximum atomic E-state index is 10.6. The highest BCUT2D eigenvalue weighted by Crippen LogP contribution is 2.28. The van der Waals surface area contributed by atoms with E-state index < -0.39 is 6.10 Å². The van der Waals surface area contributed by atoms with Crippen LogP contribution in [0.3, 0.4) is 0 Å². The van der Waals surface area contributed by atoms with Crippen molar-refractivity contribution >= 4 is 10.9 Å². The number of hydrogen-bond donors (Lipinski definition) is 1. The van der Waals surface area contributed by atoms with E-state index in [1.165, 1.54) is 0 Å². The smallest absolute Gasteiger partial charge is 0.0885 e. The third kappa shape index (κ3) is 3.80. The lowest BCUT2D eigenvalue weighted by atomic mass is 9.83. The van der Waals surface area contributed by atoms with Crippen molar-refractivity contribution in [3.63, 3.8) is 0 Å². The summed E-state index contributed by atoms with van der Waals surface area (Å²) in [6, 6.07) is 10.0. The van der Waals surface area contributed by atoms with E-state index >= 15 is 0 Å². The first kappa shape index (κ1) is 15.9. The van der Waals surface area contributed by atoms with E-state index in [9.17, 15) is 5.11 Å². The minimum Gasteiger partial charge on any atom is -0.390 e. The van der Waals surface area contributed by atoms with Gasteiger partial charge in [0.05, 0.1) is 17.7 Å². The fourth-order valence-electron chi connectivity index (χ4n) is 2.78. The molecule has 0 aliphatic carbocycles. The largest absolute Gasteiger partial charge is 0.390 e. The number of fused-ring (bicyclic) bond motifs is 1. The topological polar surface area (TPSA) is 42.4 Å². The molecule has 114 valence electrons. The number of para-hydroxylation sites is 1. The van der Waals surface area contributed by atoms with Crippen LogP contribution in [0.25, 0.3) is 10.9 Å². The van der Waals surface area contributed by atoms with Crippen molar-refractivity contribution in [2.75, 3.05) is 6.61 Å². The minimum absolute atomic E-state index is 0.0989. The molecule has 0 aliphatic rings. The maximum absolute atomic E-state index is 10.6. The summed E-state index contributed by atoms with van der Waals surface area (Å²) in [6.45, 7) is 8.87. The number of aromatic nitrogens is 1. The Morgan fingerprint density at radius 1 is 1.19 bits per heavy atom. The molecular formula is C18H25NO2. The Hall–Kier alpha value is -1.45. The Balaban J connectivity index is 2.26. The van der Waals surface area contributed by atoms with Crippen molar-refractivity contribution in [2.24, 2.45) is 5.41 Å². The molecule has 0 bridgehead atoms. The van der Waals surface area contributed by atoms with Crippen LogP contribution in [0.2, 0.25) is 0 Å². The van der Waals surface area contributed by atoms with E-state index in [1.54, 1.807) is 6.20 Å². The fourth-order valence-corrected chi connectivity index (χ4v) is 2.78. The van der Waals surface area contributed by atoms with Crippen LogP contribution in [0.5, 0.6) is 0 Å². The molecule has 1 aromatic carbocycles. The molecule has 3 heteroatoms. The summed E-state index contributed by atoms with van der Waals surface area (Å²) in [5.41, 5.74) is 1.98. The normalized spacial score (nSPS) is 15.1. The van der Waals surface area contributed by atoms with E-state index in [0.717, 1.165) is 16.5 Å². The van der Waals surface area contributed by atoms with Crippen LogP contribution in [-0.4, -0.2) is 28.9 Å². The Bertz CT molecular complexity index is 584. The quantitative estimate of drug-likeness (QED) is 0.914. The van der Waals surface area contributed by atoms with E-state index in [0.29, 0.717) is 13.0 Å². The first-order valence-corrected chi connectivity index (χ1v) is 7.55. The van der Waals surface area contributed by atoms with Gasteiger partial charge >= 0.3 is 0 Å². The minimum atomic E-state index is -0.532. The molecule has 0 saturated carbocycles. The Morgan fingerprint density at radius 2 is 1.90 bits per heavy atom. The van der Waals surface area contributed by atoms with Gasteiger partial charge in [0.2, 0.25) is 0 Å². The lowest BCUT2D eigenvalue weighted by molar-refractivity contribution is -0.0872. The van der Waals surface area contributed by atoms with E-state index in [2.05, 4.69) is 31.8 Å². The first-order valence-electron chi connectivity index (χ1n) is 7.55. The van der Waals surface area contributed by atoms with Gasteiger partial charge in [-0.05, 0) is 30.0 Å². The summed E-state index contributed by atoms with van der Waals surface area (Å²) in [4.78, 5) is 4.37. The fraction of sp³-hybridized carbons (Fsp3) is 0.500. The molecule has 2 rings (SSSR count). The van der Waals surface area contributed by atoms with Crippen molar-refractivity contribution < 1.29 is 9.84 Å². The average molecular weight is 287 g/mol. The predicted octanol–water partition coefficient (Wildman–Crippen LogP) is 3.59. The first-order chi connectivity index (χ1) is 9.93. The number of aliphatic hydroxyl groups excluding tert-OH is 1. The van der Waals surface area contributed by atoms with Crippen molar-refractivity contribution in [1.29, 1.82) is 0 Å². The van der Waals surface area contributed by atoms with Gasteiger partial charge < -0.3 is 9.84 Å². The van der Waals surface area contributed by atoms with Gasteiger partial charge in [-0.15, -0.1) is 0 Å². The Morgan fingerprint density at radius 3 is 2.57 bits per heavy atom. The van der Waals surface area contributed by atoms with Gasteiger partial charge in [-0.2, -0.15) is 0 Å². The van der Waals surface area contributed by atoms with Crippen molar-refractivity contribution in [1.82, 2.24) is 4.98 Å². The zero-order chi connectivity index (χ0) is 15.5. The van der Waals surface area contributed by atoms with Crippen LogP contribution in [0, 0.1) is 5.41 Å². The third-order valence-electron chi connectivity index (χ3n) is 3.72. The molecule has 0 spiro atoms. The molecule has 0 saturated heterocycles. The van der Waals surface area contributed by atoms with Crippen LogP contribution in [0.1, 0.15) is 33.3 Å². The van der Waals surface area contributed by atoms with Gasteiger partial charge in [0.15, 0.2) is 0 Å². The molecule has 1 N–H and O–H groups in total. The molecule has 2 aromatic rings. The molecule has 2 unspecified atom stereocenters. The van der Waals surface area contributed by atoms with Crippen molar-refractivity contribution in [3.8, 4) is 0 Å². The van der Waals surface area contributed by atoms with Crippen LogP contribution in [0.15, 0.2) is 36.5 Å². The predicted molar refractivity (Wildman–Crippen MR) is 86.3 cm³/mol. The van der Waals surface area contributed by atoms with Gasteiger partial charge in [-0.25, -0.2) is 0 Å². The summed E-state index contributed by atoms with van der Waals surface area (Å²) < 4.78 is 5.79. The van der Waals surface area contributed by atoms with Gasteiger partial charge in [0, 0.05) is 24.6 Å².